The van der Waals surface area contributed by atoms with E-state index < -0.39 is 25.7 Å². The third-order valence-corrected chi connectivity index (χ3v) is 15.4. The molecule has 238 valence electrons. The number of benzene rings is 3. The molecule has 3 aromatic rings. The van der Waals surface area contributed by atoms with Crippen LogP contribution in [0, 0.1) is 41.4 Å². The Morgan fingerprint density at radius 3 is 1.84 bits per heavy atom. The first-order chi connectivity index (χ1) is 21.5. The zero-order valence-electron chi connectivity index (χ0n) is 25.6. The summed E-state index contributed by atoms with van der Waals surface area (Å²) in [5.74, 6) is 4.92. The van der Waals surface area contributed by atoms with Gasteiger partial charge in [0.05, 0.1) is 4.90 Å². The Bertz CT molecular complexity index is 1830. The fourth-order valence-corrected chi connectivity index (χ4v) is 14.6. The zero-order valence-corrected chi connectivity index (χ0v) is 27.2. The molecule has 0 radical (unpaired) electrons. The summed E-state index contributed by atoms with van der Waals surface area (Å²) in [6.07, 6.45) is 12.9. The molecule has 1 N–H and O–H groups in total. The van der Waals surface area contributed by atoms with Crippen molar-refractivity contribution in [2.45, 2.75) is 92.3 Å². The summed E-state index contributed by atoms with van der Waals surface area (Å²) in [5, 5.41) is 1.62. The van der Waals surface area contributed by atoms with Gasteiger partial charge in [0.25, 0.3) is 20.2 Å². The van der Waals surface area contributed by atoms with Gasteiger partial charge >= 0.3 is 0 Å². The van der Waals surface area contributed by atoms with Gasteiger partial charge in [-0.15, -0.1) is 0 Å². The van der Waals surface area contributed by atoms with Crippen LogP contribution in [0.3, 0.4) is 0 Å². The zero-order chi connectivity index (χ0) is 30.7. The molecule has 0 saturated heterocycles. The number of fused-ring (bicyclic) bond motifs is 1. The average Bonchev–Trinajstić information content (AvgIpc) is 2.98. The highest BCUT2D eigenvalue weighted by molar-refractivity contribution is 7.89. The van der Waals surface area contributed by atoms with E-state index >= 15 is 0 Å². The summed E-state index contributed by atoms with van der Waals surface area (Å²) in [5.41, 5.74) is -0.329. The monoisotopic (exact) mass is 646 g/mol. The Morgan fingerprint density at radius 2 is 1.24 bits per heavy atom. The highest BCUT2D eigenvalue weighted by Gasteiger charge is 2.54. The van der Waals surface area contributed by atoms with Gasteiger partial charge < -0.3 is 0 Å². The second kappa shape index (κ2) is 10.1. The van der Waals surface area contributed by atoms with Gasteiger partial charge in [-0.3, -0.25) is 4.55 Å². The lowest BCUT2D eigenvalue weighted by molar-refractivity contribution is -0.00715. The van der Waals surface area contributed by atoms with Crippen LogP contribution in [0.4, 0.5) is 0 Å². The lowest BCUT2D eigenvalue weighted by Gasteiger charge is -2.57. The lowest BCUT2D eigenvalue weighted by Crippen LogP contribution is -2.49. The van der Waals surface area contributed by atoms with Crippen LogP contribution >= 0.6 is 0 Å². The van der Waals surface area contributed by atoms with Gasteiger partial charge in [-0.25, -0.2) is 4.18 Å². The van der Waals surface area contributed by atoms with Gasteiger partial charge in [0, 0.05) is 5.56 Å². The molecule has 8 saturated carbocycles. The molecule has 11 rings (SSSR count). The van der Waals surface area contributed by atoms with Crippen molar-refractivity contribution in [1.82, 2.24) is 0 Å². The van der Waals surface area contributed by atoms with Crippen LogP contribution in [-0.4, -0.2) is 21.4 Å². The minimum Gasteiger partial charge on any atom is -0.283 e. The largest absolute Gasteiger partial charge is 0.298 e. The van der Waals surface area contributed by atoms with E-state index in [2.05, 4.69) is 12.1 Å². The number of hydrogen-bond acceptors (Lipinski definition) is 5. The minimum absolute atomic E-state index is 0.0910. The van der Waals surface area contributed by atoms with Crippen molar-refractivity contribution in [1.29, 1.82) is 0 Å². The molecule has 0 aromatic heterocycles. The first-order valence-electron chi connectivity index (χ1n) is 17.1. The highest BCUT2D eigenvalue weighted by Crippen LogP contribution is 2.63. The Hall–Kier alpha value is -2.26. The number of hydrogen-bond donors (Lipinski definition) is 1. The van der Waals surface area contributed by atoms with Crippen LogP contribution in [-0.2, 0) is 29.8 Å². The maximum absolute atomic E-state index is 14.6. The van der Waals surface area contributed by atoms with Crippen LogP contribution in [0.15, 0.2) is 65.6 Å². The fraction of sp³-hybridized carbons (Fsp3) is 0.568. The van der Waals surface area contributed by atoms with E-state index in [1.807, 2.05) is 30.3 Å². The van der Waals surface area contributed by atoms with Crippen molar-refractivity contribution in [2.24, 2.45) is 41.4 Å². The fourth-order valence-electron chi connectivity index (χ4n) is 12.1. The van der Waals surface area contributed by atoms with E-state index in [-0.39, 0.29) is 15.9 Å². The normalized spacial score (nSPS) is 37.4. The predicted molar refractivity (Wildman–Crippen MR) is 173 cm³/mol. The first-order valence-corrected chi connectivity index (χ1v) is 20.0. The molecular weight excluding hydrogens is 605 g/mol. The van der Waals surface area contributed by atoms with Crippen molar-refractivity contribution in [2.75, 3.05) is 0 Å². The molecule has 1 atom stereocenters. The Morgan fingerprint density at radius 1 is 0.667 bits per heavy atom. The quantitative estimate of drug-likeness (QED) is 0.206. The average molecular weight is 647 g/mol. The standard InChI is InChI=1S/C37H42O6S2/c38-44(39,40)36(30-6-5-27-3-1-2-4-28(27)17-30)43-45(41,42)34-18-29(35-31-13-22-9-23(15-31)16-32(35)14-22)7-8-33(34)37-19-24-10-25(20-37)12-26(11-24)21-37/h1-8,17-18,22-26,31-32,35-36H,9-16,19-21H2,(H,38,39,40). The molecule has 0 spiro atoms. The van der Waals surface area contributed by atoms with Gasteiger partial charge in [-0.2, -0.15) is 16.8 Å². The molecule has 1 unspecified atom stereocenters. The molecule has 0 heterocycles. The van der Waals surface area contributed by atoms with E-state index in [0.717, 1.165) is 53.0 Å². The summed E-state index contributed by atoms with van der Waals surface area (Å²) in [6.45, 7) is 0. The van der Waals surface area contributed by atoms with Gasteiger partial charge in [-0.05, 0) is 157 Å². The molecule has 3 aromatic carbocycles. The van der Waals surface area contributed by atoms with E-state index in [0.29, 0.717) is 35.5 Å². The summed E-state index contributed by atoms with van der Waals surface area (Å²) in [4.78, 5) is 0.130. The summed E-state index contributed by atoms with van der Waals surface area (Å²) >= 11 is 0. The minimum atomic E-state index is -4.93. The Kier molecular flexibility index (Phi) is 6.50. The summed E-state index contributed by atoms with van der Waals surface area (Å²) in [6, 6.07) is 18.5. The van der Waals surface area contributed by atoms with Crippen LogP contribution in [0.1, 0.15) is 98.7 Å². The van der Waals surface area contributed by atoms with Gasteiger partial charge in [-0.1, -0.05) is 48.5 Å². The molecule has 8 aliphatic rings. The van der Waals surface area contributed by atoms with Gasteiger partial charge in [0.1, 0.15) is 0 Å². The van der Waals surface area contributed by atoms with E-state index in [1.54, 1.807) is 12.1 Å². The van der Waals surface area contributed by atoms with Crippen LogP contribution in [0.25, 0.3) is 10.8 Å². The smallest absolute Gasteiger partial charge is 0.283 e. The van der Waals surface area contributed by atoms with Crippen LogP contribution in [0.2, 0.25) is 0 Å². The Labute approximate surface area is 266 Å². The highest BCUT2D eigenvalue weighted by atomic mass is 32.2. The number of rotatable bonds is 7. The molecule has 8 aliphatic carbocycles. The second-order valence-corrected chi connectivity index (χ2v) is 18.9. The van der Waals surface area contributed by atoms with Gasteiger partial charge in [0.15, 0.2) is 0 Å². The van der Waals surface area contributed by atoms with Crippen molar-refractivity contribution in [3.8, 4) is 0 Å². The topological polar surface area (TPSA) is 97.7 Å². The van der Waals surface area contributed by atoms with E-state index in [1.165, 1.54) is 57.4 Å². The summed E-state index contributed by atoms with van der Waals surface area (Å²) in [7, 11) is -9.53. The van der Waals surface area contributed by atoms with Crippen molar-refractivity contribution < 1.29 is 25.6 Å². The van der Waals surface area contributed by atoms with Crippen LogP contribution < -0.4 is 0 Å². The van der Waals surface area contributed by atoms with E-state index in [9.17, 15) is 21.4 Å². The predicted octanol–water partition coefficient (Wildman–Crippen LogP) is 8.14. The molecule has 8 bridgehead atoms. The maximum Gasteiger partial charge on any atom is 0.298 e. The molecule has 0 amide bonds. The third-order valence-electron chi connectivity index (χ3n) is 13.0. The lowest BCUT2D eigenvalue weighted by atomic mass is 9.48. The summed E-state index contributed by atoms with van der Waals surface area (Å²) < 4.78 is 70.9. The first kappa shape index (κ1) is 28.9. The second-order valence-electron chi connectivity index (χ2n) is 15.9. The van der Waals surface area contributed by atoms with Crippen molar-refractivity contribution in [3.05, 3.63) is 77.4 Å². The molecule has 8 fully saturated rings. The van der Waals surface area contributed by atoms with Crippen molar-refractivity contribution in [3.63, 3.8) is 0 Å². The maximum atomic E-state index is 14.6. The molecular formula is C37H42O6S2. The van der Waals surface area contributed by atoms with Crippen LogP contribution in [0.5, 0.6) is 0 Å². The Balaban J connectivity index is 1.16. The SMILES string of the molecule is O=S(=O)(OC(c1ccc2ccccc2c1)S(=O)(=O)O)c1cc(C2C3CC4CC(C3)CC2C4)ccc1C12CC3CC(CC(C3)C1)C2. The van der Waals surface area contributed by atoms with Gasteiger partial charge in [0.2, 0.25) is 5.44 Å². The molecule has 6 nitrogen and oxygen atoms in total. The van der Waals surface area contributed by atoms with E-state index in [4.69, 9.17) is 4.18 Å². The molecule has 45 heavy (non-hydrogen) atoms. The molecule has 8 heteroatoms. The third kappa shape index (κ3) is 4.84. The molecule has 0 aliphatic heterocycles. The van der Waals surface area contributed by atoms with Crippen molar-refractivity contribution >= 4 is 31.0 Å².